The first-order valence-corrected chi connectivity index (χ1v) is 15.4. The summed E-state index contributed by atoms with van der Waals surface area (Å²) in [5.74, 6) is 0.788. The van der Waals surface area contributed by atoms with E-state index in [1.165, 1.54) is 0 Å². The van der Waals surface area contributed by atoms with Gasteiger partial charge in [-0.25, -0.2) is 9.97 Å². The van der Waals surface area contributed by atoms with Gasteiger partial charge >= 0.3 is 0 Å². The molecular formula is C40H26ClN5O. The van der Waals surface area contributed by atoms with E-state index in [-0.39, 0.29) is 0 Å². The van der Waals surface area contributed by atoms with Gasteiger partial charge in [0.05, 0.1) is 35.3 Å². The van der Waals surface area contributed by atoms with Crippen LogP contribution in [0.2, 0.25) is 5.02 Å². The van der Waals surface area contributed by atoms with Crippen LogP contribution in [0.15, 0.2) is 121 Å². The van der Waals surface area contributed by atoms with Crippen LogP contribution in [-0.4, -0.2) is 22.1 Å². The van der Waals surface area contributed by atoms with E-state index < -0.39 is 0 Å². The first kappa shape index (κ1) is 28.3. The van der Waals surface area contributed by atoms with E-state index in [0.29, 0.717) is 38.7 Å². The largest absolute Gasteiger partial charge is 0.497 e. The molecule has 7 heteroatoms. The van der Waals surface area contributed by atoms with E-state index in [2.05, 4.69) is 29.3 Å². The van der Waals surface area contributed by atoms with Gasteiger partial charge in [0.25, 0.3) is 0 Å². The average Bonchev–Trinajstić information content (AvgIpc) is 3.51. The van der Waals surface area contributed by atoms with Crippen LogP contribution in [0, 0.1) is 11.3 Å². The van der Waals surface area contributed by atoms with Gasteiger partial charge in [0, 0.05) is 27.1 Å². The predicted octanol–water partition coefficient (Wildman–Crippen LogP) is 10.0. The Hall–Kier alpha value is -6.16. The van der Waals surface area contributed by atoms with Crippen LogP contribution in [0.1, 0.15) is 5.56 Å². The number of ether oxygens (including phenoxy) is 1. The lowest BCUT2D eigenvalue weighted by atomic mass is 9.93. The smallest absolute Gasteiger partial charge is 0.163 e. The number of nitrogen functional groups attached to an aromatic ring is 1. The molecule has 3 heterocycles. The highest BCUT2D eigenvalue weighted by Crippen LogP contribution is 2.44. The van der Waals surface area contributed by atoms with E-state index in [1.54, 1.807) is 7.11 Å². The first-order chi connectivity index (χ1) is 23.0. The Kier molecular flexibility index (Phi) is 6.83. The summed E-state index contributed by atoms with van der Waals surface area (Å²) in [4.78, 5) is 13.8. The number of nitrogens with two attached hydrogens (primary N) is 1. The van der Waals surface area contributed by atoms with Gasteiger partial charge in [0.1, 0.15) is 17.4 Å². The number of aromatic amines is 1. The monoisotopic (exact) mass is 627 g/mol. The molecular weight excluding hydrogens is 602 g/mol. The Morgan fingerprint density at radius 3 is 2.28 bits per heavy atom. The third kappa shape index (κ3) is 4.82. The topological polar surface area (TPSA) is 101 Å². The minimum Gasteiger partial charge on any atom is -0.497 e. The fraction of sp³-hybridized carbons (Fsp3) is 0.0250. The van der Waals surface area contributed by atoms with Gasteiger partial charge < -0.3 is 15.5 Å². The predicted molar refractivity (Wildman–Crippen MR) is 191 cm³/mol. The zero-order chi connectivity index (χ0) is 32.1. The second-order valence-electron chi connectivity index (χ2n) is 11.3. The van der Waals surface area contributed by atoms with Crippen LogP contribution in [0.25, 0.3) is 77.6 Å². The summed E-state index contributed by atoms with van der Waals surface area (Å²) in [5, 5.41) is 15.0. The summed E-state index contributed by atoms with van der Waals surface area (Å²) in [7, 11) is 1.66. The van der Waals surface area contributed by atoms with Gasteiger partial charge in [0.2, 0.25) is 0 Å². The van der Waals surface area contributed by atoms with Crippen molar-refractivity contribution in [1.82, 2.24) is 15.0 Å². The van der Waals surface area contributed by atoms with Crippen molar-refractivity contribution in [1.29, 1.82) is 5.26 Å². The number of nitrogens with zero attached hydrogens (tertiary/aromatic N) is 3. The Morgan fingerprint density at radius 1 is 0.766 bits per heavy atom. The molecule has 0 radical (unpaired) electrons. The van der Waals surface area contributed by atoms with Crippen LogP contribution < -0.4 is 10.5 Å². The number of halogens is 1. The van der Waals surface area contributed by atoms with E-state index in [0.717, 1.165) is 60.9 Å². The summed E-state index contributed by atoms with van der Waals surface area (Å²) in [6, 6.07) is 42.2. The van der Waals surface area contributed by atoms with Gasteiger partial charge in [-0.2, -0.15) is 5.26 Å². The van der Waals surface area contributed by atoms with Gasteiger partial charge in [-0.15, -0.1) is 0 Å². The standard InChI is InChI=1S/C40H26ClN5O/c1-47-29-18-15-25-19-27(12-11-26(25)20-29)31-21-34(23-13-16-28(41)17-14-23)45-40-35(31)37(43)32(22-42)39(46-40)36-30-9-5-6-10-33(30)44-38(36)24-7-3-2-4-8-24/h2-21,44H,1H3,(H2,43,45,46). The van der Waals surface area contributed by atoms with Crippen molar-refractivity contribution in [2.45, 2.75) is 0 Å². The maximum atomic E-state index is 10.7. The molecule has 0 amide bonds. The number of methoxy groups -OCH3 is 1. The van der Waals surface area contributed by atoms with E-state index in [1.807, 2.05) is 103 Å². The van der Waals surface area contributed by atoms with Crippen LogP contribution >= 0.6 is 11.6 Å². The third-order valence-electron chi connectivity index (χ3n) is 8.61. The van der Waals surface area contributed by atoms with E-state index >= 15 is 0 Å². The Morgan fingerprint density at radius 2 is 1.49 bits per heavy atom. The number of pyridine rings is 2. The molecule has 5 aromatic carbocycles. The molecule has 0 aliphatic rings. The molecule has 224 valence electrons. The molecule has 8 rings (SSSR count). The molecule has 6 nitrogen and oxygen atoms in total. The van der Waals surface area contributed by atoms with Gasteiger partial charge in [-0.05, 0) is 69.9 Å². The molecule has 0 saturated heterocycles. The minimum absolute atomic E-state index is 0.298. The maximum Gasteiger partial charge on any atom is 0.163 e. The zero-order valence-electron chi connectivity index (χ0n) is 25.3. The molecule has 8 aromatic rings. The van der Waals surface area contributed by atoms with Crippen LogP contribution in [0.5, 0.6) is 5.75 Å². The van der Waals surface area contributed by atoms with Gasteiger partial charge in [-0.3, -0.25) is 0 Å². The molecule has 3 aromatic heterocycles. The molecule has 3 N–H and O–H groups in total. The molecule has 0 spiro atoms. The van der Waals surface area contributed by atoms with Crippen molar-refractivity contribution < 1.29 is 4.74 Å². The lowest BCUT2D eigenvalue weighted by Gasteiger charge is -2.16. The number of para-hydroxylation sites is 1. The normalized spacial score (nSPS) is 11.3. The summed E-state index contributed by atoms with van der Waals surface area (Å²) in [6.07, 6.45) is 0. The quantitative estimate of drug-likeness (QED) is 0.198. The van der Waals surface area contributed by atoms with Crippen molar-refractivity contribution in [3.05, 3.63) is 132 Å². The summed E-state index contributed by atoms with van der Waals surface area (Å²) in [5.41, 5.74) is 15.5. The van der Waals surface area contributed by atoms with E-state index in [9.17, 15) is 5.26 Å². The number of rotatable bonds is 5. The third-order valence-corrected chi connectivity index (χ3v) is 8.86. The lowest BCUT2D eigenvalue weighted by Crippen LogP contribution is -2.03. The van der Waals surface area contributed by atoms with Crippen molar-refractivity contribution >= 4 is 50.0 Å². The Balaban J connectivity index is 1.45. The minimum atomic E-state index is 0.298. The number of aromatic nitrogens is 3. The number of nitriles is 1. The Labute approximate surface area is 275 Å². The molecule has 0 aliphatic heterocycles. The number of H-pyrrole nitrogens is 1. The summed E-state index contributed by atoms with van der Waals surface area (Å²) in [6.45, 7) is 0. The van der Waals surface area contributed by atoms with Crippen molar-refractivity contribution in [3.63, 3.8) is 0 Å². The zero-order valence-corrected chi connectivity index (χ0v) is 26.0. The highest BCUT2D eigenvalue weighted by Gasteiger charge is 2.25. The Bertz CT molecular complexity index is 2530. The molecule has 0 unspecified atom stereocenters. The van der Waals surface area contributed by atoms with Crippen molar-refractivity contribution in [3.8, 4) is 56.7 Å². The number of benzene rings is 5. The van der Waals surface area contributed by atoms with E-state index in [4.69, 9.17) is 32.0 Å². The molecule has 0 atom stereocenters. The van der Waals surface area contributed by atoms with Gasteiger partial charge in [-0.1, -0.05) is 90.5 Å². The fourth-order valence-electron chi connectivity index (χ4n) is 6.31. The number of nitrogens with one attached hydrogen (secondary N) is 1. The second kappa shape index (κ2) is 11.3. The lowest BCUT2D eigenvalue weighted by molar-refractivity contribution is 0.415. The average molecular weight is 628 g/mol. The van der Waals surface area contributed by atoms with Crippen LogP contribution in [0.4, 0.5) is 5.69 Å². The number of fused-ring (bicyclic) bond motifs is 3. The maximum absolute atomic E-state index is 10.7. The summed E-state index contributed by atoms with van der Waals surface area (Å²) >= 11 is 6.25. The van der Waals surface area contributed by atoms with Gasteiger partial charge in [0.15, 0.2) is 5.65 Å². The number of anilines is 1. The molecule has 0 bridgehead atoms. The highest BCUT2D eigenvalue weighted by atomic mass is 35.5. The van der Waals surface area contributed by atoms with Crippen molar-refractivity contribution in [2.75, 3.05) is 12.8 Å². The second-order valence-corrected chi connectivity index (χ2v) is 11.8. The molecule has 0 saturated carbocycles. The highest BCUT2D eigenvalue weighted by molar-refractivity contribution is 6.30. The first-order valence-electron chi connectivity index (χ1n) is 15.1. The fourth-order valence-corrected chi connectivity index (χ4v) is 6.44. The van der Waals surface area contributed by atoms with Crippen LogP contribution in [-0.2, 0) is 0 Å². The SMILES string of the molecule is COc1ccc2cc(-c3cc(-c4ccc(Cl)cc4)nc4nc(-c5c(-c6ccccc6)[nH]c6ccccc56)c(C#N)c(N)c34)ccc2c1. The molecule has 0 aliphatic carbocycles. The van der Waals surface area contributed by atoms with Crippen LogP contribution in [0.3, 0.4) is 0 Å². The number of hydrogen-bond acceptors (Lipinski definition) is 5. The van der Waals surface area contributed by atoms with Crippen molar-refractivity contribution in [2.24, 2.45) is 0 Å². The molecule has 0 fully saturated rings. The molecule has 47 heavy (non-hydrogen) atoms. The summed E-state index contributed by atoms with van der Waals surface area (Å²) < 4.78 is 5.44. The number of hydrogen-bond donors (Lipinski definition) is 2.